The Morgan fingerprint density at radius 3 is 2.70 bits per heavy atom. The summed E-state index contributed by atoms with van der Waals surface area (Å²) in [4.78, 5) is 13.7. The molecule has 1 saturated carbocycles. The molecule has 1 aromatic carbocycles. The van der Waals surface area contributed by atoms with Crippen LogP contribution in [-0.2, 0) is 10.3 Å². The lowest BCUT2D eigenvalue weighted by Crippen LogP contribution is -2.49. The molecule has 1 aliphatic carbocycles. The maximum Gasteiger partial charge on any atom is 0.252 e. The van der Waals surface area contributed by atoms with Crippen molar-refractivity contribution in [3.05, 3.63) is 29.3 Å². The van der Waals surface area contributed by atoms with Gasteiger partial charge in [-0.2, -0.15) is 0 Å². The zero-order chi connectivity index (χ0) is 17.2. The Hall–Kier alpha value is -1.59. The topological polar surface area (TPSA) is 75.8 Å². The highest BCUT2D eigenvalue weighted by molar-refractivity contribution is 5.96. The Morgan fingerprint density at radius 2 is 2.13 bits per heavy atom. The molecule has 3 unspecified atom stereocenters. The van der Waals surface area contributed by atoms with E-state index in [0.29, 0.717) is 5.56 Å². The van der Waals surface area contributed by atoms with Crippen LogP contribution in [0.4, 0.5) is 0 Å². The van der Waals surface area contributed by atoms with Gasteiger partial charge < -0.3 is 20.5 Å². The highest BCUT2D eigenvalue weighted by atomic mass is 16.5. The van der Waals surface area contributed by atoms with Gasteiger partial charge in [0.15, 0.2) is 0 Å². The molecule has 0 spiro atoms. The van der Waals surface area contributed by atoms with Gasteiger partial charge in [-0.05, 0) is 38.9 Å². The van der Waals surface area contributed by atoms with Gasteiger partial charge in [0.25, 0.3) is 5.91 Å². The minimum Gasteiger partial charge on any atom is -0.507 e. The molecule has 1 fully saturated rings. The number of aromatic hydroxyl groups is 1. The number of nitrogens with two attached hydrogens (primary N) is 1. The van der Waals surface area contributed by atoms with Crippen molar-refractivity contribution < 1.29 is 14.6 Å². The fraction of sp³-hybridized carbons (Fsp3) is 0.611. The SMILES string of the molecule is COC1(c2cccc(C(N)=O)c2O)C(C)CCCC1CN(C)C. The molecule has 0 saturated heterocycles. The summed E-state index contributed by atoms with van der Waals surface area (Å²) in [7, 11) is 5.78. The number of para-hydroxylation sites is 1. The number of hydrogen-bond donors (Lipinski definition) is 2. The Balaban J connectivity index is 2.61. The molecule has 1 amide bonds. The maximum atomic E-state index is 11.6. The highest BCUT2D eigenvalue weighted by Crippen LogP contribution is 2.51. The van der Waals surface area contributed by atoms with Gasteiger partial charge in [-0.1, -0.05) is 25.5 Å². The van der Waals surface area contributed by atoms with Crippen molar-refractivity contribution in [2.75, 3.05) is 27.7 Å². The van der Waals surface area contributed by atoms with Gasteiger partial charge in [-0.25, -0.2) is 0 Å². The van der Waals surface area contributed by atoms with E-state index in [-0.39, 0.29) is 23.1 Å². The average Bonchev–Trinajstić information content (AvgIpc) is 2.48. The number of amides is 1. The first-order valence-corrected chi connectivity index (χ1v) is 8.16. The molecule has 23 heavy (non-hydrogen) atoms. The Morgan fingerprint density at radius 1 is 1.43 bits per heavy atom. The Labute approximate surface area is 138 Å². The number of ether oxygens (including phenoxy) is 1. The van der Waals surface area contributed by atoms with Crippen LogP contribution in [-0.4, -0.2) is 43.7 Å². The zero-order valence-corrected chi connectivity index (χ0v) is 14.5. The molecular weight excluding hydrogens is 292 g/mol. The highest BCUT2D eigenvalue weighted by Gasteiger charge is 2.49. The van der Waals surface area contributed by atoms with E-state index in [1.165, 1.54) is 0 Å². The predicted octanol–water partition coefficient (Wildman–Crippen LogP) is 2.33. The fourth-order valence-corrected chi connectivity index (χ4v) is 4.19. The van der Waals surface area contributed by atoms with E-state index in [9.17, 15) is 9.90 Å². The van der Waals surface area contributed by atoms with E-state index < -0.39 is 11.5 Å². The van der Waals surface area contributed by atoms with Crippen molar-refractivity contribution in [1.29, 1.82) is 0 Å². The first kappa shape index (κ1) is 17.8. The number of benzene rings is 1. The second kappa shape index (κ2) is 6.89. The van der Waals surface area contributed by atoms with E-state index in [2.05, 4.69) is 11.8 Å². The minimum atomic E-state index is -0.622. The van der Waals surface area contributed by atoms with Crippen LogP contribution in [0, 0.1) is 11.8 Å². The van der Waals surface area contributed by atoms with Crippen LogP contribution >= 0.6 is 0 Å². The number of carbonyl (C=O) groups is 1. The summed E-state index contributed by atoms with van der Waals surface area (Å²) < 4.78 is 6.07. The average molecular weight is 320 g/mol. The van der Waals surface area contributed by atoms with Crippen LogP contribution in [0.1, 0.15) is 42.1 Å². The molecule has 1 aliphatic rings. The summed E-state index contributed by atoms with van der Waals surface area (Å²) in [6.07, 6.45) is 3.19. The van der Waals surface area contributed by atoms with Crippen molar-refractivity contribution in [3.8, 4) is 5.75 Å². The predicted molar refractivity (Wildman–Crippen MR) is 90.4 cm³/mol. The van der Waals surface area contributed by atoms with Crippen molar-refractivity contribution in [2.45, 2.75) is 31.8 Å². The van der Waals surface area contributed by atoms with Gasteiger partial charge in [0, 0.05) is 25.1 Å². The summed E-state index contributed by atoms with van der Waals surface area (Å²) in [6.45, 7) is 3.01. The van der Waals surface area contributed by atoms with Crippen LogP contribution in [0.25, 0.3) is 0 Å². The van der Waals surface area contributed by atoms with E-state index in [0.717, 1.165) is 25.8 Å². The van der Waals surface area contributed by atoms with Crippen molar-refractivity contribution in [2.24, 2.45) is 17.6 Å². The van der Waals surface area contributed by atoms with Gasteiger partial charge in [-0.3, -0.25) is 4.79 Å². The molecule has 3 atom stereocenters. The molecule has 5 heteroatoms. The maximum absolute atomic E-state index is 11.6. The Bertz CT molecular complexity index is 573. The first-order valence-electron chi connectivity index (χ1n) is 8.16. The third-order valence-corrected chi connectivity index (χ3v) is 5.17. The summed E-state index contributed by atoms with van der Waals surface area (Å²) >= 11 is 0. The molecule has 0 heterocycles. The van der Waals surface area contributed by atoms with Gasteiger partial charge >= 0.3 is 0 Å². The van der Waals surface area contributed by atoms with Crippen molar-refractivity contribution >= 4 is 5.91 Å². The standard InChI is InChI=1S/C18H28N2O3/c1-12-7-5-8-13(11-20(2)3)18(12,23-4)15-10-6-9-14(16(15)21)17(19)22/h6,9-10,12-13,21H,5,7-8,11H2,1-4H3,(H2,19,22). The first-order chi connectivity index (χ1) is 10.8. The van der Waals surface area contributed by atoms with Crippen LogP contribution < -0.4 is 5.73 Å². The normalized spacial score (nSPS) is 28.0. The van der Waals surface area contributed by atoms with Crippen LogP contribution in [0.5, 0.6) is 5.75 Å². The lowest BCUT2D eigenvalue weighted by Gasteiger charge is -2.49. The summed E-state index contributed by atoms with van der Waals surface area (Å²) in [5, 5.41) is 10.7. The molecule has 0 aliphatic heterocycles. The Kier molecular flexibility index (Phi) is 5.32. The molecular formula is C18H28N2O3. The molecule has 0 bridgehead atoms. The monoisotopic (exact) mass is 320 g/mol. The van der Waals surface area contributed by atoms with Crippen molar-refractivity contribution in [1.82, 2.24) is 4.90 Å². The number of nitrogens with zero attached hydrogens (tertiary/aromatic N) is 1. The third-order valence-electron chi connectivity index (χ3n) is 5.17. The number of hydrogen-bond acceptors (Lipinski definition) is 4. The van der Waals surface area contributed by atoms with E-state index >= 15 is 0 Å². The van der Waals surface area contributed by atoms with Gasteiger partial charge in [0.1, 0.15) is 11.4 Å². The molecule has 128 valence electrons. The third kappa shape index (κ3) is 3.08. The van der Waals surface area contributed by atoms with Crippen LogP contribution in [0.3, 0.4) is 0 Å². The number of carbonyl (C=O) groups excluding carboxylic acids is 1. The molecule has 1 aromatic rings. The lowest BCUT2D eigenvalue weighted by molar-refractivity contribution is -0.131. The summed E-state index contributed by atoms with van der Waals surface area (Å²) in [6, 6.07) is 5.18. The van der Waals surface area contributed by atoms with Crippen LogP contribution in [0.15, 0.2) is 18.2 Å². The number of rotatable bonds is 5. The second-order valence-electron chi connectivity index (χ2n) is 6.85. The van der Waals surface area contributed by atoms with E-state index in [1.807, 2.05) is 20.2 Å². The lowest BCUT2D eigenvalue weighted by atomic mass is 9.65. The van der Waals surface area contributed by atoms with Gasteiger partial charge in [0.05, 0.1) is 5.56 Å². The minimum absolute atomic E-state index is 0.0423. The summed E-state index contributed by atoms with van der Waals surface area (Å²) in [5.74, 6) is -0.192. The fourth-order valence-electron chi connectivity index (χ4n) is 4.19. The molecule has 3 N–H and O–H groups in total. The molecule has 2 rings (SSSR count). The number of primary amides is 1. The van der Waals surface area contributed by atoms with Gasteiger partial charge in [-0.15, -0.1) is 0 Å². The number of methoxy groups -OCH3 is 1. The zero-order valence-electron chi connectivity index (χ0n) is 14.5. The van der Waals surface area contributed by atoms with Gasteiger partial charge in [0.2, 0.25) is 0 Å². The molecule has 0 radical (unpaired) electrons. The molecule has 0 aromatic heterocycles. The van der Waals surface area contributed by atoms with E-state index in [1.54, 1.807) is 19.2 Å². The van der Waals surface area contributed by atoms with E-state index in [4.69, 9.17) is 10.5 Å². The smallest absolute Gasteiger partial charge is 0.252 e. The second-order valence-corrected chi connectivity index (χ2v) is 6.85. The largest absolute Gasteiger partial charge is 0.507 e. The molecule has 5 nitrogen and oxygen atoms in total. The quantitative estimate of drug-likeness (QED) is 0.873. The summed E-state index contributed by atoms with van der Waals surface area (Å²) in [5.41, 5.74) is 5.62. The number of phenols is 1. The van der Waals surface area contributed by atoms with Crippen molar-refractivity contribution in [3.63, 3.8) is 0 Å². The van der Waals surface area contributed by atoms with Crippen LogP contribution in [0.2, 0.25) is 0 Å².